The van der Waals surface area contributed by atoms with Gasteiger partial charge in [0.2, 0.25) is 0 Å². The maximum Gasteiger partial charge on any atom is 0.166 e. The predicted octanol–water partition coefficient (Wildman–Crippen LogP) is 6.16. The van der Waals surface area contributed by atoms with Crippen LogP contribution in [0.1, 0.15) is 61.5 Å². The molecular weight excluding hydrogens is 376 g/mol. The van der Waals surface area contributed by atoms with Crippen LogP contribution in [-0.2, 0) is 12.8 Å². The monoisotopic (exact) mass is 408 g/mol. The van der Waals surface area contributed by atoms with Crippen LogP contribution in [0.15, 0.2) is 59.7 Å². The number of aryl methyl sites for hydroxylation is 1. The first kappa shape index (κ1) is 23.3. The first-order valence-corrected chi connectivity index (χ1v) is 10.3. The number of carbonyl (C=O) groups is 1. The summed E-state index contributed by atoms with van der Waals surface area (Å²) < 4.78 is 5.41. The van der Waals surface area contributed by atoms with E-state index in [4.69, 9.17) is 4.74 Å². The SMILES string of the molecule is COc1ccc(C(=O)CCc2ccc(O)cc2)c(O)c1C/C=C(\C)CCC=C(C)C. The van der Waals surface area contributed by atoms with Gasteiger partial charge in [0.25, 0.3) is 0 Å². The highest BCUT2D eigenvalue weighted by molar-refractivity contribution is 5.99. The molecule has 0 saturated carbocycles. The fourth-order valence-corrected chi connectivity index (χ4v) is 3.25. The number of allylic oxidation sites excluding steroid dienone is 4. The molecule has 0 unspecified atom stereocenters. The fraction of sp³-hybridized carbons (Fsp3) is 0.346. The average Bonchev–Trinajstić information content (AvgIpc) is 2.71. The number of benzene rings is 2. The molecule has 2 aromatic carbocycles. The van der Waals surface area contributed by atoms with Crippen LogP contribution in [0, 0.1) is 0 Å². The summed E-state index contributed by atoms with van der Waals surface area (Å²) >= 11 is 0. The molecule has 0 bridgehead atoms. The Labute approximate surface area is 179 Å². The summed E-state index contributed by atoms with van der Waals surface area (Å²) in [6, 6.07) is 10.2. The van der Waals surface area contributed by atoms with E-state index in [1.165, 1.54) is 11.1 Å². The molecule has 2 rings (SSSR count). The number of aromatic hydroxyl groups is 2. The van der Waals surface area contributed by atoms with Gasteiger partial charge < -0.3 is 14.9 Å². The van der Waals surface area contributed by atoms with E-state index in [0.717, 1.165) is 18.4 Å². The van der Waals surface area contributed by atoms with Crippen molar-refractivity contribution in [1.29, 1.82) is 0 Å². The van der Waals surface area contributed by atoms with Gasteiger partial charge >= 0.3 is 0 Å². The molecule has 0 aromatic heterocycles. The van der Waals surface area contributed by atoms with E-state index in [2.05, 4.69) is 32.9 Å². The summed E-state index contributed by atoms with van der Waals surface area (Å²) in [4.78, 5) is 12.7. The number of methoxy groups -OCH3 is 1. The zero-order valence-corrected chi connectivity index (χ0v) is 18.4. The molecule has 0 radical (unpaired) electrons. The number of rotatable bonds is 10. The van der Waals surface area contributed by atoms with Gasteiger partial charge in [0.15, 0.2) is 5.78 Å². The van der Waals surface area contributed by atoms with Gasteiger partial charge in [0, 0.05) is 12.0 Å². The third kappa shape index (κ3) is 6.80. The quantitative estimate of drug-likeness (QED) is 0.365. The van der Waals surface area contributed by atoms with E-state index in [1.54, 1.807) is 43.5 Å². The first-order chi connectivity index (χ1) is 14.3. The van der Waals surface area contributed by atoms with Gasteiger partial charge in [-0.05, 0) is 76.3 Å². The third-order valence-electron chi connectivity index (χ3n) is 5.08. The van der Waals surface area contributed by atoms with Crippen molar-refractivity contribution in [3.63, 3.8) is 0 Å². The lowest BCUT2D eigenvalue weighted by molar-refractivity contribution is 0.0980. The summed E-state index contributed by atoms with van der Waals surface area (Å²) in [5.41, 5.74) is 4.46. The van der Waals surface area contributed by atoms with Gasteiger partial charge in [-0.15, -0.1) is 0 Å². The number of ketones is 1. The molecule has 2 aromatic rings. The second-order valence-electron chi connectivity index (χ2n) is 7.81. The molecule has 0 aliphatic heterocycles. The topological polar surface area (TPSA) is 66.8 Å². The summed E-state index contributed by atoms with van der Waals surface area (Å²) in [7, 11) is 1.57. The summed E-state index contributed by atoms with van der Waals surface area (Å²) in [5.74, 6) is 0.662. The Morgan fingerprint density at radius 2 is 1.67 bits per heavy atom. The molecule has 160 valence electrons. The van der Waals surface area contributed by atoms with E-state index >= 15 is 0 Å². The van der Waals surface area contributed by atoms with Gasteiger partial charge in [0.1, 0.15) is 17.2 Å². The van der Waals surface area contributed by atoms with E-state index in [9.17, 15) is 15.0 Å². The first-order valence-electron chi connectivity index (χ1n) is 10.3. The molecule has 4 nitrogen and oxygen atoms in total. The van der Waals surface area contributed by atoms with Gasteiger partial charge in [-0.1, -0.05) is 35.4 Å². The van der Waals surface area contributed by atoms with Crippen LogP contribution in [-0.4, -0.2) is 23.1 Å². The number of hydrogen-bond acceptors (Lipinski definition) is 4. The van der Waals surface area contributed by atoms with Gasteiger partial charge in [0.05, 0.1) is 12.7 Å². The highest BCUT2D eigenvalue weighted by Crippen LogP contribution is 2.33. The van der Waals surface area contributed by atoms with Crippen LogP contribution in [0.2, 0.25) is 0 Å². The lowest BCUT2D eigenvalue weighted by Gasteiger charge is -2.13. The lowest BCUT2D eigenvalue weighted by Crippen LogP contribution is -2.04. The van der Waals surface area contributed by atoms with Crippen LogP contribution >= 0.6 is 0 Å². The van der Waals surface area contributed by atoms with Crippen molar-refractivity contribution in [3.8, 4) is 17.2 Å². The number of phenols is 2. The van der Waals surface area contributed by atoms with Gasteiger partial charge in [-0.25, -0.2) is 0 Å². The van der Waals surface area contributed by atoms with Crippen LogP contribution in [0.5, 0.6) is 17.2 Å². The number of phenolic OH excluding ortho intramolecular Hbond substituents is 2. The van der Waals surface area contributed by atoms with Gasteiger partial charge in [-0.3, -0.25) is 4.79 Å². The second kappa shape index (κ2) is 11.2. The summed E-state index contributed by atoms with van der Waals surface area (Å²) in [5, 5.41) is 20.2. The Bertz CT molecular complexity index is 917. The second-order valence-corrected chi connectivity index (χ2v) is 7.81. The molecule has 0 aliphatic carbocycles. The van der Waals surface area contributed by atoms with Crippen molar-refractivity contribution in [2.45, 2.75) is 52.9 Å². The van der Waals surface area contributed by atoms with Crippen molar-refractivity contribution in [2.75, 3.05) is 7.11 Å². The molecule has 30 heavy (non-hydrogen) atoms. The lowest BCUT2D eigenvalue weighted by atomic mass is 9.97. The Hall–Kier alpha value is -3.01. The molecule has 0 heterocycles. The normalized spacial score (nSPS) is 11.3. The number of Topliss-reactive ketones (excluding diaryl/α,β-unsaturated/α-hetero) is 1. The Kier molecular flexibility index (Phi) is 8.72. The zero-order valence-electron chi connectivity index (χ0n) is 18.4. The minimum atomic E-state index is -0.117. The third-order valence-corrected chi connectivity index (χ3v) is 5.08. The number of hydrogen-bond donors (Lipinski definition) is 2. The van der Waals surface area contributed by atoms with E-state index < -0.39 is 0 Å². The molecule has 0 amide bonds. The number of ether oxygens (including phenoxy) is 1. The minimum absolute atomic E-state index is 0.00148. The van der Waals surface area contributed by atoms with Crippen molar-refractivity contribution in [2.24, 2.45) is 0 Å². The van der Waals surface area contributed by atoms with Crippen molar-refractivity contribution < 1.29 is 19.7 Å². The standard InChI is InChI=1S/C26H32O4/c1-18(2)6-5-7-19(3)8-14-23-25(30-4)17-15-22(26(23)29)24(28)16-11-20-9-12-21(27)13-10-20/h6,8-10,12-13,15,17,27,29H,5,7,11,14,16H2,1-4H3/b19-8+. The average molecular weight is 409 g/mol. The molecule has 2 N–H and O–H groups in total. The van der Waals surface area contributed by atoms with E-state index in [1.807, 2.05) is 0 Å². The van der Waals surface area contributed by atoms with Crippen LogP contribution in [0.3, 0.4) is 0 Å². The van der Waals surface area contributed by atoms with Gasteiger partial charge in [-0.2, -0.15) is 0 Å². The van der Waals surface area contributed by atoms with Crippen molar-refractivity contribution in [3.05, 3.63) is 76.4 Å². The van der Waals surface area contributed by atoms with Crippen LogP contribution in [0.25, 0.3) is 0 Å². The van der Waals surface area contributed by atoms with E-state index in [0.29, 0.717) is 29.7 Å². The predicted molar refractivity (Wildman–Crippen MR) is 122 cm³/mol. The smallest absolute Gasteiger partial charge is 0.166 e. The molecule has 0 aliphatic rings. The Morgan fingerprint density at radius 3 is 2.30 bits per heavy atom. The highest BCUT2D eigenvalue weighted by Gasteiger charge is 2.18. The summed E-state index contributed by atoms with van der Waals surface area (Å²) in [6.45, 7) is 6.26. The Morgan fingerprint density at radius 1 is 0.967 bits per heavy atom. The number of carbonyl (C=O) groups excluding carboxylic acids is 1. The van der Waals surface area contributed by atoms with Crippen LogP contribution in [0.4, 0.5) is 0 Å². The molecule has 0 saturated heterocycles. The molecule has 4 heteroatoms. The molecule has 0 fully saturated rings. The maximum atomic E-state index is 12.7. The van der Waals surface area contributed by atoms with E-state index in [-0.39, 0.29) is 23.7 Å². The van der Waals surface area contributed by atoms with Crippen molar-refractivity contribution >= 4 is 5.78 Å². The summed E-state index contributed by atoms with van der Waals surface area (Å²) in [6.07, 6.45) is 7.58. The Balaban J connectivity index is 2.13. The minimum Gasteiger partial charge on any atom is -0.508 e. The van der Waals surface area contributed by atoms with Crippen LogP contribution < -0.4 is 4.74 Å². The molecule has 0 spiro atoms. The maximum absolute atomic E-state index is 12.7. The fourth-order valence-electron chi connectivity index (χ4n) is 3.25. The molecule has 0 atom stereocenters. The van der Waals surface area contributed by atoms with Crippen molar-refractivity contribution in [1.82, 2.24) is 0 Å². The molecular formula is C26H32O4. The highest BCUT2D eigenvalue weighted by atomic mass is 16.5. The zero-order chi connectivity index (χ0) is 22.1. The largest absolute Gasteiger partial charge is 0.508 e.